The molecule has 2 aliphatic heterocycles. The Morgan fingerprint density at radius 1 is 0.608 bits per heavy atom. The van der Waals surface area contributed by atoms with Crippen molar-refractivity contribution in [1.29, 1.82) is 0 Å². The predicted molar refractivity (Wildman–Crippen MR) is 289 cm³/mol. The standard InChI is InChI=1S/2C25H36N3O9PS.Ca/c2*1-17(2)15-27-28(25(29)30)22(14-18-6-4-3-5-7-18)23(37-38(31,32)33)24(19-12-13-36-16-19)39(34,35)21-10-8-20(26)9-11-21;/h2*3-11,17,19,22-24,27H,12-16,26H2,1-2H3,(H,29,30)(H2,31,32,33);/q;;+2/p-2/t2*19?,22-,23+,24-;/m00./s1. The average Bonchev–Trinajstić information content (AvgIpc) is 4.19. The second-order valence-electron chi connectivity index (χ2n) is 19.8. The van der Waals surface area contributed by atoms with Crippen molar-refractivity contribution in [2.24, 2.45) is 23.7 Å². The smallest absolute Gasteiger partial charge is 0.529 e. The van der Waals surface area contributed by atoms with Crippen molar-refractivity contribution in [3.8, 4) is 0 Å². The summed E-state index contributed by atoms with van der Waals surface area (Å²) in [5.41, 5.74) is 18.8. The van der Waals surface area contributed by atoms with Crippen LogP contribution in [0.3, 0.4) is 0 Å². The molecule has 2 heterocycles. The zero-order chi connectivity index (χ0) is 57.6. The molecule has 432 valence electrons. The van der Waals surface area contributed by atoms with Gasteiger partial charge in [-0.25, -0.2) is 36.8 Å². The van der Waals surface area contributed by atoms with Gasteiger partial charge in [0.2, 0.25) is 0 Å². The first-order chi connectivity index (χ1) is 36.6. The van der Waals surface area contributed by atoms with Crippen LogP contribution in [0.2, 0.25) is 0 Å². The molecule has 29 heteroatoms. The van der Waals surface area contributed by atoms with Gasteiger partial charge in [0.05, 0.1) is 45.6 Å². The Morgan fingerprint density at radius 3 is 1.18 bits per heavy atom. The molecule has 0 aliphatic carbocycles. The Hall–Kier alpha value is -3.76. The maximum Gasteiger partial charge on any atom is 2.00 e. The zero-order valence-corrected chi connectivity index (χ0v) is 49.8. The van der Waals surface area contributed by atoms with Crippen LogP contribution in [0.1, 0.15) is 51.7 Å². The van der Waals surface area contributed by atoms with E-state index < -0.39 is 94.1 Å². The molecule has 2 amide bonds. The van der Waals surface area contributed by atoms with E-state index in [4.69, 9.17) is 30.0 Å². The van der Waals surface area contributed by atoms with E-state index in [0.29, 0.717) is 32.5 Å². The van der Waals surface area contributed by atoms with Gasteiger partial charge in [0.1, 0.15) is 12.2 Å². The third-order valence-electron chi connectivity index (χ3n) is 12.9. The van der Waals surface area contributed by atoms with Crippen molar-refractivity contribution >= 4 is 96.6 Å². The van der Waals surface area contributed by atoms with Crippen LogP contribution in [0.5, 0.6) is 0 Å². The fraction of sp³-hybridized carbons (Fsp3) is 0.480. The summed E-state index contributed by atoms with van der Waals surface area (Å²) >= 11 is 0. The molecule has 0 radical (unpaired) electrons. The van der Waals surface area contributed by atoms with E-state index >= 15 is 0 Å². The maximum atomic E-state index is 14.1. The summed E-state index contributed by atoms with van der Waals surface area (Å²) in [7, 11) is -19.4. The minimum Gasteiger partial charge on any atom is -0.529 e. The second kappa shape index (κ2) is 30.5. The van der Waals surface area contributed by atoms with E-state index in [-0.39, 0.29) is 125 Å². The predicted octanol–water partition coefficient (Wildman–Crippen LogP) is 2.30. The molecule has 79 heavy (non-hydrogen) atoms. The molecule has 0 bridgehead atoms. The van der Waals surface area contributed by atoms with Gasteiger partial charge in [-0.3, -0.25) is 19.1 Å². The minimum absolute atomic E-state index is 0. The van der Waals surface area contributed by atoms with Gasteiger partial charge in [0.25, 0.3) is 0 Å². The number of rotatable bonds is 26. The number of anilines is 2. The molecule has 6 rings (SSSR count). The Balaban J connectivity index is 0.000000336. The van der Waals surface area contributed by atoms with Crippen LogP contribution in [0, 0.1) is 23.7 Å². The molecule has 2 unspecified atom stereocenters. The van der Waals surface area contributed by atoms with Crippen LogP contribution in [-0.4, -0.2) is 171 Å². The summed E-state index contributed by atoms with van der Waals surface area (Å²) in [5.74, 6) is -1.56. The van der Waals surface area contributed by atoms with Gasteiger partial charge in [0, 0.05) is 49.5 Å². The molecule has 2 aliphatic rings. The van der Waals surface area contributed by atoms with Crippen molar-refractivity contribution in [3.05, 3.63) is 120 Å². The van der Waals surface area contributed by atoms with Crippen molar-refractivity contribution in [2.75, 3.05) is 51.0 Å². The van der Waals surface area contributed by atoms with E-state index in [0.717, 1.165) is 0 Å². The number of phosphoric acid groups is 2. The van der Waals surface area contributed by atoms with E-state index in [1.54, 1.807) is 60.7 Å². The molecular weight excluding hydrogens is 1140 g/mol. The van der Waals surface area contributed by atoms with Gasteiger partial charge in [-0.05, 0) is 97.2 Å². The fourth-order valence-electron chi connectivity index (χ4n) is 9.28. The third kappa shape index (κ3) is 20.3. The Bertz CT molecular complexity index is 2670. The molecule has 0 saturated carbocycles. The van der Waals surface area contributed by atoms with E-state index in [1.165, 1.54) is 48.5 Å². The molecule has 8 atom stereocenters. The number of carbonyl (C=O) groups is 2. The summed E-state index contributed by atoms with van der Waals surface area (Å²) in [6, 6.07) is 25.0. The quantitative estimate of drug-likeness (QED) is 0.0193. The molecule has 24 nitrogen and oxygen atoms in total. The van der Waals surface area contributed by atoms with Crippen molar-refractivity contribution in [1.82, 2.24) is 20.9 Å². The summed E-state index contributed by atoms with van der Waals surface area (Å²) in [6.45, 7) is 8.04. The van der Waals surface area contributed by atoms with Gasteiger partial charge in [0.15, 0.2) is 31.9 Å². The SMILES string of the molecule is CC(C)CNN(C(=O)[O-])[C@@H](Cc1ccccc1)[C@@H](OP(=O)(O)O)[C@H](C1CCOC1)S(=O)(=O)c1ccc(N)cc1.CC(C)CNN(C(=O)[O-])[C@@H](Cc1ccccc1)[C@@H](OP(=O)(O)O)[C@H](C1CCOC1)S(=O)(=O)c1ccc(N)cc1.[Ca+2]. The number of hydrazine groups is 2. The summed E-state index contributed by atoms with van der Waals surface area (Å²) in [4.78, 5) is 64.4. The number of amides is 2. The van der Waals surface area contributed by atoms with Gasteiger partial charge in [-0.15, -0.1) is 0 Å². The van der Waals surface area contributed by atoms with E-state index in [1.807, 2.05) is 27.7 Å². The number of ether oxygens (including phenoxy) is 2. The van der Waals surface area contributed by atoms with Crippen molar-refractivity contribution in [3.63, 3.8) is 0 Å². The average molecular weight is 1210 g/mol. The van der Waals surface area contributed by atoms with Crippen LogP contribution in [-0.2, 0) is 60.2 Å². The molecule has 2 saturated heterocycles. The first-order valence-electron chi connectivity index (χ1n) is 25.0. The van der Waals surface area contributed by atoms with Crippen molar-refractivity contribution < 1.29 is 83.9 Å². The first kappa shape index (κ1) is 67.7. The number of nitrogen functional groups attached to an aromatic ring is 2. The zero-order valence-electron chi connectivity index (χ0n) is 44.2. The topological polar surface area (TPSA) is 383 Å². The van der Waals surface area contributed by atoms with Crippen molar-refractivity contribution in [2.45, 2.75) is 98.0 Å². The molecule has 10 N–H and O–H groups in total. The number of nitrogens with one attached hydrogen (secondary N) is 2. The number of nitrogens with zero attached hydrogens (tertiary/aromatic N) is 2. The minimum atomic E-state index is -5.34. The monoisotopic (exact) mass is 1210 g/mol. The number of carboxylic acid groups (broad SMARTS) is 2. The third-order valence-corrected chi connectivity index (χ3v) is 18.5. The Kier molecular flexibility index (Phi) is 26.2. The maximum absolute atomic E-state index is 14.1. The Labute approximate surface area is 490 Å². The van der Waals surface area contributed by atoms with Crippen LogP contribution in [0.15, 0.2) is 119 Å². The number of nitrogens with two attached hydrogens (primary N) is 2. The molecule has 0 spiro atoms. The van der Waals surface area contributed by atoms with Crippen LogP contribution >= 0.6 is 15.6 Å². The molecule has 0 aromatic heterocycles. The largest absolute Gasteiger partial charge is 2.00 e. The van der Waals surface area contributed by atoms with Gasteiger partial charge in [-0.2, -0.15) is 0 Å². The van der Waals surface area contributed by atoms with Crippen LogP contribution < -0.4 is 32.5 Å². The van der Waals surface area contributed by atoms with E-state index in [2.05, 4.69) is 10.9 Å². The summed E-state index contributed by atoms with van der Waals surface area (Å²) in [6.07, 6.45) is -6.82. The first-order valence-corrected chi connectivity index (χ1v) is 31.1. The Morgan fingerprint density at radius 2 is 0.924 bits per heavy atom. The number of phosphoric ester groups is 2. The molecular formula is C50H70CaN6O18P2S2. The molecule has 4 aromatic rings. The van der Waals surface area contributed by atoms with Gasteiger partial charge < -0.3 is 60.3 Å². The summed E-state index contributed by atoms with van der Waals surface area (Å²) in [5, 5.41) is 23.1. The summed E-state index contributed by atoms with van der Waals surface area (Å²) < 4.78 is 103. The number of hydrogen-bond acceptors (Lipinski definition) is 18. The second-order valence-corrected chi connectivity index (χ2v) is 26.4. The number of carbonyl (C=O) groups excluding carboxylic acids is 2. The van der Waals surface area contributed by atoms with E-state index in [9.17, 15) is 65.3 Å². The van der Waals surface area contributed by atoms with Crippen LogP contribution in [0.4, 0.5) is 21.0 Å². The van der Waals surface area contributed by atoms with Crippen LogP contribution in [0.25, 0.3) is 0 Å². The number of hydrogen-bond donors (Lipinski definition) is 8. The molecule has 4 aromatic carbocycles. The number of benzene rings is 4. The normalized spacial score (nSPS) is 18.3. The van der Waals surface area contributed by atoms with Gasteiger partial charge >= 0.3 is 53.4 Å². The molecule has 2 fully saturated rings. The van der Waals surface area contributed by atoms with Gasteiger partial charge in [-0.1, -0.05) is 88.4 Å². The fourth-order valence-corrected chi connectivity index (χ4v) is 14.9. The number of sulfone groups is 2.